The zero-order chi connectivity index (χ0) is 39.3. The van der Waals surface area contributed by atoms with Crippen molar-refractivity contribution < 1.29 is 0 Å². The summed E-state index contributed by atoms with van der Waals surface area (Å²) >= 11 is 0. The molecule has 0 fully saturated rings. The van der Waals surface area contributed by atoms with Crippen LogP contribution in [0, 0.1) is 0 Å². The van der Waals surface area contributed by atoms with E-state index >= 15 is 0 Å². The van der Waals surface area contributed by atoms with Gasteiger partial charge in [0.05, 0.1) is 11.0 Å². The lowest BCUT2D eigenvalue weighted by molar-refractivity contribution is 1.18. The number of fused-ring (bicyclic) bond motifs is 5. The number of rotatable bonds is 5. The third kappa shape index (κ3) is 4.82. The number of anilines is 3. The van der Waals surface area contributed by atoms with E-state index in [9.17, 15) is 0 Å². The highest BCUT2D eigenvalue weighted by molar-refractivity contribution is 6.37. The van der Waals surface area contributed by atoms with Crippen molar-refractivity contribution in [1.29, 1.82) is 0 Å². The summed E-state index contributed by atoms with van der Waals surface area (Å²) in [6, 6.07) is 80.8. The molecule has 0 saturated carbocycles. The van der Waals surface area contributed by atoms with Gasteiger partial charge in [-0.1, -0.05) is 164 Å². The highest BCUT2D eigenvalue weighted by atomic mass is 15.1. The van der Waals surface area contributed by atoms with Crippen molar-refractivity contribution in [3.05, 3.63) is 218 Å². The molecule has 1 heterocycles. The molecular formula is C58H36N2. The fourth-order valence-electron chi connectivity index (χ4n) is 10.2. The molecule has 0 spiro atoms. The van der Waals surface area contributed by atoms with Crippen LogP contribution in [0.5, 0.6) is 0 Å². The predicted octanol–water partition coefficient (Wildman–Crippen LogP) is 16.3. The molecule has 0 unspecified atom stereocenters. The molecule has 2 nitrogen and oxygen atoms in total. The Kier molecular flexibility index (Phi) is 7.05. The van der Waals surface area contributed by atoms with Crippen LogP contribution in [0.1, 0.15) is 0 Å². The summed E-state index contributed by atoms with van der Waals surface area (Å²) in [6.07, 6.45) is 0. The van der Waals surface area contributed by atoms with Gasteiger partial charge in [-0.05, 0) is 130 Å². The molecule has 0 radical (unpaired) electrons. The van der Waals surface area contributed by atoms with E-state index < -0.39 is 0 Å². The summed E-state index contributed by atoms with van der Waals surface area (Å²) in [6.45, 7) is 0. The van der Waals surface area contributed by atoms with Gasteiger partial charge in [-0.15, -0.1) is 0 Å². The molecule has 1 aromatic heterocycles. The molecule has 278 valence electrons. The Morgan fingerprint density at radius 1 is 0.267 bits per heavy atom. The number of para-hydroxylation sites is 2. The van der Waals surface area contributed by atoms with Crippen LogP contribution in [0.4, 0.5) is 17.1 Å². The second kappa shape index (κ2) is 12.8. The molecule has 0 amide bonds. The van der Waals surface area contributed by atoms with E-state index in [1.165, 1.54) is 97.6 Å². The number of hydrogen-bond acceptors (Lipinski definition) is 1. The Bertz CT molecular complexity index is 3800. The van der Waals surface area contributed by atoms with Crippen molar-refractivity contribution >= 4 is 104 Å². The number of aromatic nitrogens is 1. The zero-order valence-corrected chi connectivity index (χ0v) is 32.7. The van der Waals surface area contributed by atoms with E-state index in [1.807, 2.05) is 0 Å². The first-order valence-corrected chi connectivity index (χ1v) is 20.8. The van der Waals surface area contributed by atoms with Gasteiger partial charge >= 0.3 is 0 Å². The normalized spacial score (nSPS) is 12.0. The predicted molar refractivity (Wildman–Crippen MR) is 257 cm³/mol. The summed E-state index contributed by atoms with van der Waals surface area (Å²) in [5.74, 6) is 0. The largest absolute Gasteiger partial charge is 0.310 e. The van der Waals surface area contributed by atoms with Crippen LogP contribution >= 0.6 is 0 Å². The maximum atomic E-state index is 2.46. The van der Waals surface area contributed by atoms with E-state index in [2.05, 4.69) is 228 Å². The van der Waals surface area contributed by atoms with E-state index in [4.69, 9.17) is 0 Å². The van der Waals surface area contributed by atoms with E-state index in [-0.39, 0.29) is 0 Å². The van der Waals surface area contributed by atoms with Gasteiger partial charge in [0.25, 0.3) is 0 Å². The second-order valence-corrected chi connectivity index (χ2v) is 16.1. The summed E-state index contributed by atoms with van der Waals surface area (Å²) in [4.78, 5) is 2.46. The Labute approximate surface area is 346 Å². The highest BCUT2D eigenvalue weighted by Crippen LogP contribution is 2.47. The maximum absolute atomic E-state index is 2.46. The van der Waals surface area contributed by atoms with E-state index in [0.29, 0.717) is 0 Å². The minimum Gasteiger partial charge on any atom is -0.310 e. The van der Waals surface area contributed by atoms with Crippen molar-refractivity contribution in [1.82, 2.24) is 4.57 Å². The summed E-state index contributed by atoms with van der Waals surface area (Å²) in [5.41, 5.74) is 9.22. The molecule has 60 heavy (non-hydrogen) atoms. The number of nitrogens with zero attached hydrogens (tertiary/aromatic N) is 2. The third-order valence-corrected chi connectivity index (χ3v) is 12.8. The van der Waals surface area contributed by atoms with Crippen molar-refractivity contribution in [2.75, 3.05) is 4.90 Å². The molecule has 13 aromatic rings. The highest BCUT2D eigenvalue weighted by Gasteiger charge is 2.21. The minimum atomic E-state index is 1.10. The van der Waals surface area contributed by atoms with E-state index in [0.717, 1.165) is 22.7 Å². The molecular weight excluding hydrogens is 725 g/mol. The van der Waals surface area contributed by atoms with Crippen molar-refractivity contribution in [2.45, 2.75) is 0 Å². The van der Waals surface area contributed by atoms with Gasteiger partial charge in [0, 0.05) is 33.5 Å². The van der Waals surface area contributed by atoms with Crippen LogP contribution in [0.3, 0.4) is 0 Å². The fraction of sp³-hybridized carbons (Fsp3) is 0. The lowest BCUT2D eigenvalue weighted by Gasteiger charge is -2.27. The second-order valence-electron chi connectivity index (χ2n) is 16.1. The third-order valence-electron chi connectivity index (χ3n) is 12.8. The van der Waals surface area contributed by atoms with Crippen LogP contribution in [0.2, 0.25) is 0 Å². The first kappa shape index (κ1) is 33.1. The Morgan fingerprint density at radius 3 is 1.43 bits per heavy atom. The summed E-state index contributed by atoms with van der Waals surface area (Å²) in [7, 11) is 0. The minimum absolute atomic E-state index is 1.10. The van der Waals surface area contributed by atoms with E-state index in [1.54, 1.807) is 0 Å². The standard InChI is InChI=1S/C58H36N2/c1-3-12-37(13-4-1)38-28-30-44(31-29-38)59(45-32-33-48-47-19-7-8-23-53(47)60(54(48)36-45)43-17-5-2-6-18-43)46-34-42-27-26-41-15-10-21-50-49-20-9-14-39-24-25-40-16-11-22-51(57(40)55(39)49)52(35-46)58(42)56(41)50/h1-36H. The van der Waals surface area contributed by atoms with Gasteiger partial charge < -0.3 is 9.47 Å². The van der Waals surface area contributed by atoms with Gasteiger partial charge in [0.2, 0.25) is 0 Å². The monoisotopic (exact) mass is 760 g/mol. The summed E-state index contributed by atoms with van der Waals surface area (Å²) < 4.78 is 2.41. The van der Waals surface area contributed by atoms with Crippen molar-refractivity contribution in [2.24, 2.45) is 0 Å². The molecule has 0 aliphatic carbocycles. The first-order valence-electron chi connectivity index (χ1n) is 20.8. The topological polar surface area (TPSA) is 8.17 Å². The molecule has 0 N–H and O–H groups in total. The molecule has 13 rings (SSSR count). The maximum Gasteiger partial charge on any atom is 0.0561 e. The lowest BCUT2D eigenvalue weighted by atomic mass is 9.87. The van der Waals surface area contributed by atoms with Crippen molar-refractivity contribution in [3.8, 4) is 16.8 Å². The zero-order valence-electron chi connectivity index (χ0n) is 32.7. The van der Waals surface area contributed by atoms with Gasteiger partial charge in [-0.3, -0.25) is 0 Å². The van der Waals surface area contributed by atoms with Gasteiger partial charge in [-0.2, -0.15) is 0 Å². The SMILES string of the molecule is c1ccc(-c2ccc(N(c3cc4ccc5cccc6c7cccc8ccc9cccc(c(c3)c4c56)c9c87)c3ccc4c5ccccc5n(-c5ccccc5)c4c3)cc2)cc1. The van der Waals surface area contributed by atoms with Crippen LogP contribution in [-0.4, -0.2) is 4.57 Å². The smallest absolute Gasteiger partial charge is 0.0561 e. The quantitative estimate of drug-likeness (QED) is 0.159. The molecule has 12 aromatic carbocycles. The lowest BCUT2D eigenvalue weighted by Crippen LogP contribution is -2.10. The molecule has 0 bridgehead atoms. The van der Waals surface area contributed by atoms with Crippen molar-refractivity contribution in [3.63, 3.8) is 0 Å². The fourth-order valence-corrected chi connectivity index (χ4v) is 10.2. The molecule has 2 heteroatoms. The number of benzene rings is 11. The van der Waals surface area contributed by atoms with Gasteiger partial charge in [-0.25, -0.2) is 0 Å². The average molecular weight is 761 g/mol. The Balaban J connectivity index is 1.15. The Hall–Kier alpha value is -7.94. The molecule has 0 aliphatic rings. The van der Waals surface area contributed by atoms with Gasteiger partial charge in [0.15, 0.2) is 0 Å². The number of hydrogen-bond donors (Lipinski definition) is 0. The first-order chi connectivity index (χ1) is 29.8. The molecule has 0 atom stereocenters. The molecule has 0 aliphatic heterocycles. The molecule has 0 saturated heterocycles. The van der Waals surface area contributed by atoms with Gasteiger partial charge in [0.1, 0.15) is 0 Å². The average Bonchev–Trinajstić information content (AvgIpc) is 3.64. The van der Waals surface area contributed by atoms with Crippen LogP contribution in [0.25, 0.3) is 103 Å². The van der Waals surface area contributed by atoms with Crippen LogP contribution in [-0.2, 0) is 0 Å². The Morgan fingerprint density at radius 2 is 0.767 bits per heavy atom. The van der Waals surface area contributed by atoms with Crippen LogP contribution < -0.4 is 4.90 Å². The van der Waals surface area contributed by atoms with Crippen LogP contribution in [0.15, 0.2) is 218 Å². The summed E-state index contributed by atoms with van der Waals surface area (Å²) in [5, 5.41) is 17.8.